The molecule has 190 valence electrons. The van der Waals surface area contributed by atoms with Crippen molar-refractivity contribution in [1.82, 2.24) is 9.66 Å². The molecule has 0 saturated carbocycles. The van der Waals surface area contributed by atoms with Crippen molar-refractivity contribution in [1.29, 1.82) is 0 Å². The Kier molecular flexibility index (Phi) is 6.47. The van der Waals surface area contributed by atoms with Gasteiger partial charge in [0.1, 0.15) is 5.58 Å². The van der Waals surface area contributed by atoms with Crippen molar-refractivity contribution in [2.75, 3.05) is 0 Å². The van der Waals surface area contributed by atoms with E-state index in [1.807, 2.05) is 12.1 Å². The molecule has 0 fully saturated rings. The quantitative estimate of drug-likeness (QED) is 0.157. The molecule has 1 N–H and O–H groups in total. The highest BCUT2D eigenvalue weighted by molar-refractivity contribution is 9.10. The third kappa shape index (κ3) is 4.76. The number of fused-ring (bicyclic) bond motifs is 2. The number of carboxylic acids is 1. The van der Waals surface area contributed by atoms with Crippen LogP contribution in [0.4, 0.5) is 5.69 Å². The third-order valence-electron chi connectivity index (χ3n) is 5.61. The van der Waals surface area contributed by atoms with E-state index in [0.29, 0.717) is 22.2 Å². The van der Waals surface area contributed by atoms with Gasteiger partial charge in [0.15, 0.2) is 17.6 Å². The van der Waals surface area contributed by atoms with E-state index < -0.39 is 28.2 Å². The van der Waals surface area contributed by atoms with Gasteiger partial charge in [-0.3, -0.25) is 14.9 Å². The molecule has 11 nitrogen and oxygen atoms in total. The van der Waals surface area contributed by atoms with Crippen LogP contribution in [0.5, 0.6) is 5.75 Å². The number of halogens is 1. The van der Waals surface area contributed by atoms with Crippen molar-refractivity contribution in [2.45, 2.75) is 13.0 Å². The predicted octanol–water partition coefficient (Wildman–Crippen LogP) is 5.21. The molecule has 5 rings (SSSR count). The topological polar surface area (TPSA) is 150 Å². The number of rotatable bonds is 7. The van der Waals surface area contributed by atoms with Crippen LogP contribution in [0, 0.1) is 10.1 Å². The van der Waals surface area contributed by atoms with Crippen molar-refractivity contribution in [3.8, 4) is 17.3 Å². The Morgan fingerprint density at radius 2 is 2.00 bits per heavy atom. The van der Waals surface area contributed by atoms with E-state index in [1.54, 1.807) is 36.4 Å². The molecule has 0 bridgehead atoms. The number of carbonyl (C=O) groups is 1. The summed E-state index contributed by atoms with van der Waals surface area (Å²) in [6, 6.07) is 17.9. The molecule has 2 aromatic heterocycles. The van der Waals surface area contributed by atoms with Crippen LogP contribution in [-0.4, -0.2) is 38.0 Å². The second-order valence-corrected chi connectivity index (χ2v) is 9.11. The molecule has 0 unspecified atom stereocenters. The molecule has 5 aromatic rings. The number of nitro groups is 1. The van der Waals surface area contributed by atoms with Crippen LogP contribution in [-0.2, 0) is 4.79 Å². The maximum absolute atomic E-state index is 13.4. The molecule has 2 heterocycles. The van der Waals surface area contributed by atoms with Gasteiger partial charge in [0.25, 0.3) is 5.56 Å². The Labute approximate surface area is 221 Å². The number of nitrogens with zero attached hydrogens (tertiary/aromatic N) is 4. The summed E-state index contributed by atoms with van der Waals surface area (Å²) >= 11 is 3.43. The normalized spacial score (nSPS) is 12.3. The first-order valence-electron chi connectivity index (χ1n) is 11.1. The van der Waals surface area contributed by atoms with Gasteiger partial charge in [-0.25, -0.2) is 9.78 Å². The highest BCUT2D eigenvalue weighted by atomic mass is 79.9. The Bertz CT molecular complexity index is 1830. The van der Waals surface area contributed by atoms with E-state index in [9.17, 15) is 19.7 Å². The maximum atomic E-state index is 13.4. The number of hydrogen-bond acceptors (Lipinski definition) is 8. The summed E-state index contributed by atoms with van der Waals surface area (Å²) in [7, 11) is 0. The minimum atomic E-state index is -1.29. The van der Waals surface area contributed by atoms with E-state index >= 15 is 0 Å². The lowest BCUT2D eigenvalue weighted by molar-refractivity contribution is -0.386. The molecular formula is C26H17BrN4O7. The standard InChI is InChI=1S/C26H17BrN4O7/c1-14(26(33)34)37-22-8-6-15(10-20(22)31(35)36)13-28-30-24(29-19-5-3-2-4-18(19)25(30)32)23-12-16-11-17(27)7-9-21(16)38-23/h2-14H,1H3,(H,33,34)/t14-/m0/s1. The SMILES string of the molecule is C[C@H](Oc1ccc(C=Nn2c(-c3cc4cc(Br)ccc4o3)nc3ccccc3c2=O)cc1[N+](=O)[O-])C(=O)O. The van der Waals surface area contributed by atoms with Crippen LogP contribution >= 0.6 is 15.9 Å². The molecule has 0 radical (unpaired) electrons. The van der Waals surface area contributed by atoms with Crippen LogP contribution in [0.3, 0.4) is 0 Å². The van der Waals surface area contributed by atoms with E-state index in [2.05, 4.69) is 26.0 Å². The number of aliphatic carboxylic acids is 1. The van der Waals surface area contributed by atoms with Gasteiger partial charge >= 0.3 is 11.7 Å². The number of furan rings is 1. The monoisotopic (exact) mass is 576 g/mol. The Morgan fingerprint density at radius 3 is 2.76 bits per heavy atom. The summed E-state index contributed by atoms with van der Waals surface area (Å²) < 4.78 is 13.1. The van der Waals surface area contributed by atoms with Gasteiger partial charge in [0, 0.05) is 21.5 Å². The molecule has 0 spiro atoms. The van der Waals surface area contributed by atoms with Gasteiger partial charge in [-0.1, -0.05) is 28.1 Å². The fourth-order valence-corrected chi connectivity index (χ4v) is 4.12. The van der Waals surface area contributed by atoms with E-state index in [4.69, 9.17) is 14.3 Å². The van der Waals surface area contributed by atoms with Crippen LogP contribution in [0.15, 0.2) is 85.5 Å². The molecule has 0 aliphatic heterocycles. The molecule has 0 aliphatic rings. The van der Waals surface area contributed by atoms with E-state index in [1.165, 1.54) is 31.3 Å². The number of aromatic nitrogens is 2. The number of hydrogen-bond donors (Lipinski definition) is 1. The highest BCUT2D eigenvalue weighted by Crippen LogP contribution is 2.30. The van der Waals surface area contributed by atoms with Gasteiger partial charge < -0.3 is 14.3 Å². The number of carboxylic acid groups (broad SMARTS) is 1. The second-order valence-electron chi connectivity index (χ2n) is 8.19. The van der Waals surface area contributed by atoms with Crippen LogP contribution in [0.1, 0.15) is 12.5 Å². The van der Waals surface area contributed by atoms with Gasteiger partial charge in [-0.15, -0.1) is 0 Å². The van der Waals surface area contributed by atoms with Crippen LogP contribution in [0.2, 0.25) is 0 Å². The molecule has 12 heteroatoms. The number of nitro benzene ring substituents is 1. The fraction of sp³-hybridized carbons (Fsp3) is 0.0769. The third-order valence-corrected chi connectivity index (χ3v) is 6.10. The summed E-state index contributed by atoms with van der Waals surface area (Å²) in [4.78, 5) is 40.0. The van der Waals surface area contributed by atoms with Crippen molar-refractivity contribution in [2.24, 2.45) is 5.10 Å². The van der Waals surface area contributed by atoms with E-state index in [-0.39, 0.29) is 17.1 Å². The Hall–Kier alpha value is -4.84. The van der Waals surface area contributed by atoms with Gasteiger partial charge in [-0.05, 0) is 55.5 Å². The number of benzene rings is 3. The molecule has 38 heavy (non-hydrogen) atoms. The number of ether oxygens (including phenoxy) is 1. The minimum Gasteiger partial charge on any atom is -0.479 e. The van der Waals surface area contributed by atoms with Gasteiger partial charge in [0.05, 0.1) is 22.0 Å². The first-order valence-corrected chi connectivity index (χ1v) is 11.9. The predicted molar refractivity (Wildman–Crippen MR) is 143 cm³/mol. The zero-order valence-corrected chi connectivity index (χ0v) is 21.2. The lowest BCUT2D eigenvalue weighted by atomic mass is 10.2. The summed E-state index contributed by atoms with van der Waals surface area (Å²) in [6.07, 6.45) is -0.0275. The Morgan fingerprint density at radius 1 is 1.21 bits per heavy atom. The lowest BCUT2D eigenvalue weighted by Gasteiger charge is -2.10. The molecule has 1 atom stereocenters. The highest BCUT2D eigenvalue weighted by Gasteiger charge is 2.21. The first-order chi connectivity index (χ1) is 18.2. The fourth-order valence-electron chi connectivity index (χ4n) is 3.74. The van der Waals surface area contributed by atoms with Gasteiger partial charge in [-0.2, -0.15) is 9.78 Å². The first kappa shape index (κ1) is 24.8. The smallest absolute Gasteiger partial charge is 0.344 e. The average Bonchev–Trinajstić information content (AvgIpc) is 3.31. The van der Waals surface area contributed by atoms with Crippen molar-refractivity contribution >= 4 is 55.7 Å². The molecule has 0 aliphatic carbocycles. The summed E-state index contributed by atoms with van der Waals surface area (Å²) in [5.74, 6) is -1.03. The Balaban J connectivity index is 1.62. The molecule has 0 saturated heterocycles. The zero-order valence-electron chi connectivity index (χ0n) is 19.6. The summed E-state index contributed by atoms with van der Waals surface area (Å²) in [6.45, 7) is 1.26. The number of para-hydroxylation sites is 1. The summed E-state index contributed by atoms with van der Waals surface area (Å²) in [5, 5.41) is 26.1. The minimum absolute atomic E-state index is 0.141. The molecule has 3 aromatic carbocycles. The van der Waals surface area contributed by atoms with Crippen molar-refractivity contribution in [3.05, 3.63) is 97.2 Å². The largest absolute Gasteiger partial charge is 0.479 e. The van der Waals surface area contributed by atoms with Crippen LogP contribution < -0.4 is 10.3 Å². The van der Waals surface area contributed by atoms with E-state index in [0.717, 1.165) is 14.5 Å². The maximum Gasteiger partial charge on any atom is 0.344 e. The molecular weight excluding hydrogens is 560 g/mol. The van der Waals surface area contributed by atoms with Gasteiger partial charge in [0.2, 0.25) is 5.82 Å². The molecule has 0 amide bonds. The van der Waals surface area contributed by atoms with Crippen LogP contribution in [0.25, 0.3) is 33.5 Å². The lowest BCUT2D eigenvalue weighted by Crippen LogP contribution is -2.23. The summed E-state index contributed by atoms with van der Waals surface area (Å²) in [5.41, 5.74) is 0.391. The average molecular weight is 577 g/mol. The van der Waals surface area contributed by atoms with Crippen molar-refractivity contribution in [3.63, 3.8) is 0 Å². The second kappa shape index (κ2) is 9.90. The van der Waals surface area contributed by atoms with Crippen molar-refractivity contribution < 1.29 is 24.0 Å². The zero-order chi connectivity index (χ0) is 27.0.